The highest BCUT2D eigenvalue weighted by atomic mass is 16.8. The van der Waals surface area contributed by atoms with E-state index in [0.717, 1.165) is 5.69 Å². The molecule has 1 aromatic carbocycles. The second-order valence-corrected chi connectivity index (χ2v) is 4.19. The molecule has 0 bridgehead atoms. The molecule has 0 N–H and O–H groups in total. The molecule has 4 heteroatoms. The Morgan fingerprint density at radius 3 is 2.69 bits per heavy atom. The van der Waals surface area contributed by atoms with Gasteiger partial charge in [0.2, 0.25) is 5.91 Å². The summed E-state index contributed by atoms with van der Waals surface area (Å²) in [5.74, 6) is -0.794. The van der Waals surface area contributed by atoms with Crippen LogP contribution in [0.15, 0.2) is 30.3 Å². The molecule has 2 heterocycles. The third kappa shape index (κ3) is 1.27. The zero-order valence-corrected chi connectivity index (χ0v) is 9.05. The first-order valence-corrected chi connectivity index (χ1v) is 5.41. The van der Waals surface area contributed by atoms with Crippen molar-refractivity contribution in [2.45, 2.75) is 25.4 Å². The van der Waals surface area contributed by atoms with Crippen molar-refractivity contribution in [1.82, 2.24) is 0 Å². The first-order chi connectivity index (χ1) is 7.71. The average Bonchev–Trinajstić information content (AvgIpc) is 2.63. The summed E-state index contributed by atoms with van der Waals surface area (Å²) in [6.45, 7) is 2.48. The Morgan fingerprint density at radius 2 is 2.12 bits per heavy atom. The lowest BCUT2D eigenvalue weighted by molar-refractivity contribution is -0.206. The molecule has 1 aromatic rings. The Hall–Kier alpha value is -1.39. The highest BCUT2D eigenvalue weighted by molar-refractivity contribution is 6.01. The third-order valence-electron chi connectivity index (χ3n) is 2.91. The van der Waals surface area contributed by atoms with Crippen LogP contribution in [-0.4, -0.2) is 24.5 Å². The second kappa shape index (κ2) is 3.30. The van der Waals surface area contributed by atoms with Gasteiger partial charge in [0.1, 0.15) is 6.42 Å². The number of hydrogen-bond acceptors (Lipinski definition) is 3. The first-order valence-electron chi connectivity index (χ1n) is 5.41. The maximum atomic E-state index is 11.7. The van der Waals surface area contributed by atoms with Crippen molar-refractivity contribution in [3.05, 3.63) is 30.3 Å². The molecule has 0 aromatic heterocycles. The maximum absolute atomic E-state index is 11.7. The minimum atomic E-state index is -0.835. The third-order valence-corrected chi connectivity index (χ3v) is 2.91. The summed E-state index contributed by atoms with van der Waals surface area (Å²) in [5, 5.41) is 0. The lowest BCUT2D eigenvalue weighted by atomic mass is 10.1. The van der Waals surface area contributed by atoms with E-state index in [2.05, 4.69) is 0 Å². The van der Waals surface area contributed by atoms with Crippen LogP contribution in [0.1, 0.15) is 13.3 Å². The normalized spacial score (nSPS) is 33.2. The molecule has 4 nitrogen and oxygen atoms in total. The van der Waals surface area contributed by atoms with Crippen molar-refractivity contribution in [3.8, 4) is 0 Å². The summed E-state index contributed by atoms with van der Waals surface area (Å²) in [4.78, 5) is 13.3. The van der Waals surface area contributed by atoms with Gasteiger partial charge in [-0.2, -0.15) is 0 Å². The standard InChI is InChI=1S/C12H13NO3/c1-9-8-15-12(16-9)7-11(14)13(12)10-5-3-2-4-6-10/h2-6,9H,7-8H2,1H3. The van der Waals surface area contributed by atoms with Gasteiger partial charge in [-0.15, -0.1) is 0 Å². The van der Waals surface area contributed by atoms with Crippen molar-refractivity contribution in [3.63, 3.8) is 0 Å². The van der Waals surface area contributed by atoms with Crippen LogP contribution < -0.4 is 4.90 Å². The summed E-state index contributed by atoms with van der Waals surface area (Å²) in [7, 11) is 0. The Balaban J connectivity index is 1.92. The van der Waals surface area contributed by atoms with Crippen molar-refractivity contribution in [2.75, 3.05) is 11.5 Å². The fourth-order valence-electron chi connectivity index (χ4n) is 2.21. The van der Waals surface area contributed by atoms with Gasteiger partial charge in [0, 0.05) is 5.69 Å². The molecule has 2 aliphatic rings. The van der Waals surface area contributed by atoms with E-state index in [-0.39, 0.29) is 12.0 Å². The number of β-lactam (4-membered cyclic amide) rings is 1. The highest BCUT2D eigenvalue weighted by Gasteiger charge is 2.58. The molecular formula is C12H13NO3. The molecule has 2 atom stereocenters. The Bertz CT molecular complexity index is 420. The summed E-state index contributed by atoms with van der Waals surface area (Å²) in [5.41, 5.74) is 0.827. The van der Waals surface area contributed by atoms with Crippen molar-refractivity contribution in [2.24, 2.45) is 0 Å². The van der Waals surface area contributed by atoms with E-state index in [1.54, 1.807) is 4.90 Å². The van der Waals surface area contributed by atoms with Crippen LogP contribution in [0.4, 0.5) is 5.69 Å². The van der Waals surface area contributed by atoms with Gasteiger partial charge in [-0.1, -0.05) is 18.2 Å². The number of para-hydroxylation sites is 1. The predicted molar refractivity (Wildman–Crippen MR) is 57.8 cm³/mol. The van der Waals surface area contributed by atoms with Crippen molar-refractivity contribution >= 4 is 11.6 Å². The van der Waals surface area contributed by atoms with Gasteiger partial charge in [-0.05, 0) is 19.1 Å². The Labute approximate surface area is 93.8 Å². The number of hydrogen-bond donors (Lipinski definition) is 0. The molecule has 1 spiro atoms. The topological polar surface area (TPSA) is 38.8 Å². The molecule has 84 valence electrons. The maximum Gasteiger partial charge on any atom is 0.267 e. The van der Waals surface area contributed by atoms with E-state index in [9.17, 15) is 4.79 Å². The van der Waals surface area contributed by atoms with Crippen molar-refractivity contribution < 1.29 is 14.3 Å². The minimum Gasteiger partial charge on any atom is -0.329 e. The van der Waals surface area contributed by atoms with E-state index in [1.807, 2.05) is 37.3 Å². The van der Waals surface area contributed by atoms with Crippen molar-refractivity contribution in [1.29, 1.82) is 0 Å². The van der Waals surface area contributed by atoms with E-state index < -0.39 is 5.91 Å². The van der Waals surface area contributed by atoms with Crippen LogP contribution >= 0.6 is 0 Å². The van der Waals surface area contributed by atoms with Gasteiger partial charge < -0.3 is 9.47 Å². The Morgan fingerprint density at radius 1 is 1.38 bits per heavy atom. The van der Waals surface area contributed by atoms with Gasteiger partial charge in [-0.25, -0.2) is 0 Å². The molecule has 2 aliphatic heterocycles. The lowest BCUT2D eigenvalue weighted by Crippen LogP contribution is -2.65. The molecular weight excluding hydrogens is 206 g/mol. The van der Waals surface area contributed by atoms with Crippen LogP contribution in [0.25, 0.3) is 0 Å². The number of rotatable bonds is 1. The van der Waals surface area contributed by atoms with E-state index in [4.69, 9.17) is 9.47 Å². The summed E-state index contributed by atoms with van der Waals surface area (Å²) in [6, 6.07) is 9.47. The van der Waals surface area contributed by atoms with Gasteiger partial charge in [0.05, 0.1) is 12.7 Å². The molecule has 0 radical (unpaired) electrons. The van der Waals surface area contributed by atoms with E-state index >= 15 is 0 Å². The molecule has 0 saturated carbocycles. The molecule has 2 saturated heterocycles. The van der Waals surface area contributed by atoms with E-state index in [0.29, 0.717) is 13.0 Å². The molecule has 3 rings (SSSR count). The summed E-state index contributed by atoms with van der Waals surface area (Å²) in [6.07, 6.45) is 0.353. The zero-order chi connectivity index (χ0) is 11.2. The summed E-state index contributed by atoms with van der Waals surface area (Å²) < 4.78 is 11.3. The number of anilines is 1. The quantitative estimate of drug-likeness (QED) is 0.672. The van der Waals surface area contributed by atoms with Gasteiger partial charge in [0.25, 0.3) is 5.91 Å². The minimum absolute atomic E-state index is 0.0410. The second-order valence-electron chi connectivity index (χ2n) is 4.19. The number of amides is 1. The molecule has 16 heavy (non-hydrogen) atoms. The molecule has 2 fully saturated rings. The lowest BCUT2D eigenvalue weighted by Gasteiger charge is -2.46. The van der Waals surface area contributed by atoms with Crippen LogP contribution in [0.3, 0.4) is 0 Å². The number of benzene rings is 1. The van der Waals surface area contributed by atoms with E-state index in [1.165, 1.54) is 0 Å². The van der Waals surface area contributed by atoms with Crippen LogP contribution in [0.5, 0.6) is 0 Å². The number of ether oxygens (including phenoxy) is 2. The molecule has 2 unspecified atom stereocenters. The van der Waals surface area contributed by atoms with Gasteiger partial charge in [-0.3, -0.25) is 9.69 Å². The number of carbonyl (C=O) groups excluding carboxylic acids is 1. The first kappa shape index (κ1) is 9.81. The fraction of sp³-hybridized carbons (Fsp3) is 0.417. The SMILES string of the molecule is CC1COC2(CC(=O)N2c2ccccc2)O1. The van der Waals surface area contributed by atoms with Crippen LogP contribution in [0.2, 0.25) is 0 Å². The Kier molecular flexibility index (Phi) is 2.02. The fourth-order valence-corrected chi connectivity index (χ4v) is 2.21. The zero-order valence-electron chi connectivity index (χ0n) is 9.05. The predicted octanol–water partition coefficient (Wildman–Crippen LogP) is 1.51. The smallest absolute Gasteiger partial charge is 0.267 e. The summed E-state index contributed by atoms with van der Waals surface area (Å²) >= 11 is 0. The van der Waals surface area contributed by atoms with Crippen LogP contribution in [-0.2, 0) is 14.3 Å². The monoisotopic (exact) mass is 219 g/mol. The average molecular weight is 219 g/mol. The largest absolute Gasteiger partial charge is 0.329 e. The number of carbonyl (C=O) groups is 1. The van der Waals surface area contributed by atoms with Crippen LogP contribution in [0, 0.1) is 0 Å². The van der Waals surface area contributed by atoms with Gasteiger partial charge >= 0.3 is 0 Å². The van der Waals surface area contributed by atoms with Gasteiger partial charge in [0.15, 0.2) is 0 Å². The molecule has 1 amide bonds. The molecule has 0 aliphatic carbocycles. The highest BCUT2D eigenvalue weighted by Crippen LogP contribution is 2.42. The number of nitrogens with zero attached hydrogens (tertiary/aromatic N) is 1.